The van der Waals surface area contributed by atoms with Crippen LogP contribution in [-0.4, -0.2) is 8.76 Å². The molecule has 1 aromatic rings. The van der Waals surface area contributed by atoms with Gasteiger partial charge in [0.15, 0.2) is 11.1 Å². The van der Waals surface area contributed by atoms with Crippen LogP contribution in [-0.2, 0) is 11.1 Å². The Balaban J connectivity index is 3.11. The van der Waals surface area contributed by atoms with Crippen molar-refractivity contribution in [3.8, 4) is 0 Å². The lowest BCUT2D eigenvalue weighted by atomic mass is 9.99. The summed E-state index contributed by atoms with van der Waals surface area (Å²) >= 11 is -1.86. The summed E-state index contributed by atoms with van der Waals surface area (Å²) in [6.45, 7) is 4.13. The number of rotatable bonds is 3. The largest absolute Gasteiger partial charge is 0.302 e. The molecule has 1 aromatic carbocycles. The number of hydrogen-bond acceptors (Lipinski definition) is 1. The van der Waals surface area contributed by atoms with E-state index in [0.29, 0.717) is 10.8 Å². The van der Waals surface area contributed by atoms with Crippen molar-refractivity contribution in [2.24, 2.45) is 0 Å². The first-order chi connectivity index (χ1) is 6.16. The first kappa shape index (κ1) is 10.4. The maximum absolute atomic E-state index is 11.0. The zero-order valence-electron chi connectivity index (χ0n) is 7.86. The maximum atomic E-state index is 11.0. The molecule has 0 fully saturated rings. The molecule has 0 aliphatic heterocycles. The number of hydrogen-bond donors (Lipinski definition) is 1. The first-order valence-corrected chi connectivity index (χ1v) is 5.47. The third-order valence-electron chi connectivity index (χ3n) is 2.25. The molecule has 0 aliphatic rings. The molecule has 0 amide bonds. The highest BCUT2D eigenvalue weighted by molar-refractivity contribution is 7.79. The molecule has 3 heteroatoms. The topological polar surface area (TPSA) is 37.3 Å². The molecule has 0 radical (unpaired) electrons. The summed E-state index contributed by atoms with van der Waals surface area (Å²) < 4.78 is 20.0. The van der Waals surface area contributed by atoms with E-state index in [1.54, 1.807) is 12.1 Å². The van der Waals surface area contributed by atoms with E-state index >= 15 is 0 Å². The zero-order valence-corrected chi connectivity index (χ0v) is 8.67. The van der Waals surface area contributed by atoms with E-state index in [9.17, 15) is 4.21 Å². The van der Waals surface area contributed by atoms with Gasteiger partial charge in [0.05, 0.1) is 4.90 Å². The Labute approximate surface area is 81.3 Å². The van der Waals surface area contributed by atoms with Gasteiger partial charge in [0.25, 0.3) is 0 Å². The van der Waals surface area contributed by atoms with Gasteiger partial charge in [0, 0.05) is 0 Å². The van der Waals surface area contributed by atoms with Crippen LogP contribution in [0.2, 0.25) is 0 Å². The maximum Gasteiger partial charge on any atom is 0.186 e. The van der Waals surface area contributed by atoms with E-state index in [1.165, 1.54) is 0 Å². The molecule has 2 nitrogen and oxygen atoms in total. The Morgan fingerprint density at radius 3 is 2.62 bits per heavy atom. The first-order valence-electron chi connectivity index (χ1n) is 4.36. The van der Waals surface area contributed by atoms with E-state index in [0.717, 1.165) is 12.0 Å². The quantitative estimate of drug-likeness (QED) is 0.758. The fraction of sp³-hybridized carbons (Fsp3) is 0.400. The molecule has 72 valence electrons. The third kappa shape index (κ3) is 2.39. The summed E-state index contributed by atoms with van der Waals surface area (Å²) in [6, 6.07) is 7.31. The lowest BCUT2D eigenvalue weighted by molar-refractivity contribution is 0.561. The van der Waals surface area contributed by atoms with Gasteiger partial charge in [0.1, 0.15) is 0 Å². The summed E-state index contributed by atoms with van der Waals surface area (Å²) in [6.07, 6.45) is 0.980. The van der Waals surface area contributed by atoms with Crippen molar-refractivity contribution in [2.75, 3.05) is 0 Å². The van der Waals surface area contributed by atoms with Crippen LogP contribution in [0.4, 0.5) is 0 Å². The van der Waals surface area contributed by atoms with E-state index in [2.05, 4.69) is 13.8 Å². The Kier molecular flexibility index (Phi) is 3.63. The Bertz CT molecular complexity index is 310. The molecule has 0 aromatic heterocycles. The minimum absolute atomic E-state index is 0.340. The summed E-state index contributed by atoms with van der Waals surface area (Å²) in [7, 11) is 0. The normalized spacial score (nSPS) is 15.3. The van der Waals surface area contributed by atoms with E-state index < -0.39 is 11.1 Å². The van der Waals surface area contributed by atoms with Gasteiger partial charge in [-0.15, -0.1) is 0 Å². The molecular formula is C10H14O2S. The van der Waals surface area contributed by atoms with Crippen LogP contribution in [0, 0.1) is 0 Å². The van der Waals surface area contributed by atoms with E-state index in [4.69, 9.17) is 4.55 Å². The molecule has 0 bridgehead atoms. The minimum Gasteiger partial charge on any atom is -0.302 e. The van der Waals surface area contributed by atoms with Crippen molar-refractivity contribution in [3.63, 3.8) is 0 Å². The van der Waals surface area contributed by atoms with Crippen molar-refractivity contribution in [1.29, 1.82) is 0 Å². The molecule has 0 spiro atoms. The lowest BCUT2D eigenvalue weighted by Gasteiger charge is -2.11. The summed E-state index contributed by atoms with van der Waals surface area (Å²) in [4.78, 5) is 0.539. The fourth-order valence-electron chi connectivity index (χ4n) is 1.27. The second-order valence-corrected chi connectivity index (χ2v) is 4.03. The Morgan fingerprint density at radius 2 is 2.08 bits per heavy atom. The second-order valence-electron chi connectivity index (χ2n) is 3.10. The molecule has 2 unspecified atom stereocenters. The molecule has 0 saturated heterocycles. The van der Waals surface area contributed by atoms with Gasteiger partial charge in [-0.2, -0.15) is 0 Å². The minimum atomic E-state index is -1.86. The van der Waals surface area contributed by atoms with Gasteiger partial charge < -0.3 is 4.55 Å². The average molecular weight is 198 g/mol. The average Bonchev–Trinajstić information content (AvgIpc) is 2.16. The molecule has 2 atom stereocenters. The highest BCUT2D eigenvalue weighted by Gasteiger charge is 2.11. The Hall–Kier alpha value is -0.670. The molecule has 0 heterocycles. The van der Waals surface area contributed by atoms with Gasteiger partial charge in [-0.3, -0.25) is 0 Å². The smallest absolute Gasteiger partial charge is 0.186 e. The molecule has 1 N–H and O–H groups in total. The third-order valence-corrected chi connectivity index (χ3v) is 3.00. The lowest BCUT2D eigenvalue weighted by Crippen LogP contribution is -1.99. The fourth-order valence-corrected chi connectivity index (χ4v) is 1.93. The van der Waals surface area contributed by atoms with Crippen molar-refractivity contribution in [1.82, 2.24) is 0 Å². The van der Waals surface area contributed by atoms with Gasteiger partial charge in [0.2, 0.25) is 0 Å². The van der Waals surface area contributed by atoms with Crippen molar-refractivity contribution in [2.45, 2.75) is 31.1 Å². The van der Waals surface area contributed by atoms with Crippen LogP contribution < -0.4 is 0 Å². The summed E-state index contributed by atoms with van der Waals surface area (Å²) in [5.41, 5.74) is 0.978. The predicted molar refractivity (Wildman–Crippen MR) is 54.2 cm³/mol. The highest BCUT2D eigenvalue weighted by atomic mass is 32.2. The van der Waals surface area contributed by atoms with Crippen LogP contribution in [0.15, 0.2) is 29.2 Å². The molecular weight excluding hydrogens is 184 g/mol. The predicted octanol–water partition coefficient (Wildman–Crippen LogP) is 2.78. The van der Waals surface area contributed by atoms with Crippen molar-refractivity contribution in [3.05, 3.63) is 29.8 Å². The number of benzene rings is 1. The van der Waals surface area contributed by atoms with Crippen LogP contribution in [0.1, 0.15) is 31.7 Å². The highest BCUT2D eigenvalue weighted by Crippen LogP contribution is 2.24. The van der Waals surface area contributed by atoms with Crippen LogP contribution in [0.3, 0.4) is 0 Å². The van der Waals surface area contributed by atoms with Crippen molar-refractivity contribution >= 4 is 11.1 Å². The van der Waals surface area contributed by atoms with Crippen LogP contribution in [0.25, 0.3) is 0 Å². The zero-order chi connectivity index (χ0) is 9.84. The van der Waals surface area contributed by atoms with E-state index in [-0.39, 0.29) is 0 Å². The van der Waals surface area contributed by atoms with E-state index in [1.807, 2.05) is 12.1 Å². The van der Waals surface area contributed by atoms with Gasteiger partial charge in [-0.1, -0.05) is 32.0 Å². The molecule has 13 heavy (non-hydrogen) atoms. The molecule has 1 rings (SSSR count). The van der Waals surface area contributed by atoms with Crippen LogP contribution in [0.5, 0.6) is 0 Å². The second kappa shape index (κ2) is 4.53. The summed E-state index contributed by atoms with van der Waals surface area (Å²) in [5.74, 6) is 0.340. The molecule has 0 saturated carbocycles. The SMILES string of the molecule is CCC(C)c1ccccc1S(=O)O. The standard InChI is InChI=1S/C10H14O2S/c1-3-8(2)9-6-4-5-7-10(9)13(11)12/h4-8H,3H2,1-2H3,(H,11,12). The Morgan fingerprint density at radius 1 is 1.46 bits per heavy atom. The van der Waals surface area contributed by atoms with Gasteiger partial charge in [-0.25, -0.2) is 4.21 Å². The van der Waals surface area contributed by atoms with Crippen molar-refractivity contribution < 1.29 is 8.76 Å². The summed E-state index contributed by atoms with van der Waals surface area (Å²) in [5, 5.41) is 0. The van der Waals surface area contributed by atoms with Gasteiger partial charge >= 0.3 is 0 Å². The molecule has 0 aliphatic carbocycles. The van der Waals surface area contributed by atoms with Crippen LogP contribution >= 0.6 is 0 Å². The van der Waals surface area contributed by atoms with Gasteiger partial charge in [-0.05, 0) is 24.0 Å². The monoisotopic (exact) mass is 198 g/mol.